The number of nitrogen functional groups attached to an aromatic ring is 1. The lowest BCUT2D eigenvalue weighted by molar-refractivity contribution is -0.0611. The van der Waals surface area contributed by atoms with Gasteiger partial charge in [0.25, 0.3) is 0 Å². The van der Waals surface area contributed by atoms with Crippen molar-refractivity contribution in [2.24, 2.45) is 0 Å². The zero-order valence-corrected chi connectivity index (χ0v) is 22.3. The number of nitrogens with zero attached hydrogens (tertiary/aromatic N) is 4. The first-order valence-corrected chi connectivity index (χ1v) is 12.6. The third kappa shape index (κ3) is 5.35. The molecule has 0 aliphatic carbocycles. The predicted octanol–water partition coefficient (Wildman–Crippen LogP) is 5.08. The van der Waals surface area contributed by atoms with Crippen molar-refractivity contribution in [3.8, 4) is 0 Å². The lowest BCUT2D eigenvalue weighted by atomic mass is 9.98. The van der Waals surface area contributed by atoms with Gasteiger partial charge in [0.15, 0.2) is 28.8 Å². The Hall–Kier alpha value is -3.51. The van der Waals surface area contributed by atoms with Crippen LogP contribution in [0.15, 0.2) is 54.9 Å². The van der Waals surface area contributed by atoms with Gasteiger partial charge >= 0.3 is 11.9 Å². The SMILES string of the molecule is C[C@@]1(F)C(OC(=O)c2ccc(Cl)cc2)C(COC(=O)c2ccc(Cl)cc2)OC1n1cnc2c(Cl)nc(N)nc21. The van der Waals surface area contributed by atoms with Crippen molar-refractivity contribution >= 4 is 63.9 Å². The van der Waals surface area contributed by atoms with E-state index in [0.29, 0.717) is 10.0 Å². The van der Waals surface area contributed by atoms with E-state index in [9.17, 15) is 9.59 Å². The summed E-state index contributed by atoms with van der Waals surface area (Å²) in [7, 11) is 0. The Morgan fingerprint density at radius 3 is 2.23 bits per heavy atom. The standard InChI is InChI=1S/C25H19Cl3FN5O5/c1-25(29)18(39-22(36)13-4-8-15(27)9-5-13)16(10-37-21(35)12-2-6-14(26)7-3-12)38-23(25)34-11-31-17-19(28)32-24(30)33-20(17)34/h2-9,11,16,18,23H,10H2,1H3,(H2,30,32,33)/t16?,18?,23?,25-/m1/s1. The van der Waals surface area contributed by atoms with E-state index in [1.807, 2.05) is 0 Å². The number of esters is 2. The Morgan fingerprint density at radius 2 is 1.62 bits per heavy atom. The largest absolute Gasteiger partial charge is 0.459 e. The fourth-order valence-electron chi connectivity index (χ4n) is 4.20. The van der Waals surface area contributed by atoms with Crippen molar-refractivity contribution < 1.29 is 28.2 Å². The summed E-state index contributed by atoms with van der Waals surface area (Å²) in [5.74, 6) is -1.70. The number of benzene rings is 2. The highest BCUT2D eigenvalue weighted by Crippen LogP contribution is 2.44. The number of aromatic nitrogens is 4. The smallest absolute Gasteiger partial charge is 0.338 e. The molecule has 1 aliphatic rings. The van der Waals surface area contributed by atoms with Crippen molar-refractivity contribution in [2.45, 2.75) is 31.0 Å². The number of ether oxygens (including phenoxy) is 3. The van der Waals surface area contributed by atoms with Crippen molar-refractivity contribution in [3.05, 3.63) is 81.2 Å². The Morgan fingerprint density at radius 1 is 1.03 bits per heavy atom. The minimum atomic E-state index is -2.36. The van der Waals surface area contributed by atoms with Crippen molar-refractivity contribution in [1.29, 1.82) is 0 Å². The quantitative estimate of drug-likeness (QED) is 0.240. The molecule has 0 amide bonds. The summed E-state index contributed by atoms with van der Waals surface area (Å²) in [6.45, 7) is 0.747. The summed E-state index contributed by atoms with van der Waals surface area (Å²) < 4.78 is 34.8. The van der Waals surface area contributed by atoms with Gasteiger partial charge in [-0.2, -0.15) is 9.97 Å². The first-order valence-electron chi connectivity index (χ1n) is 11.4. The van der Waals surface area contributed by atoms with Gasteiger partial charge in [-0.1, -0.05) is 34.8 Å². The molecule has 0 spiro atoms. The number of alkyl halides is 1. The van der Waals surface area contributed by atoms with Gasteiger partial charge in [0.2, 0.25) is 5.95 Å². The van der Waals surface area contributed by atoms with Crippen LogP contribution in [0.3, 0.4) is 0 Å². The van der Waals surface area contributed by atoms with Crippen LogP contribution >= 0.6 is 34.8 Å². The zero-order chi connectivity index (χ0) is 27.9. The third-order valence-electron chi connectivity index (χ3n) is 6.10. The van der Waals surface area contributed by atoms with E-state index in [0.717, 1.165) is 0 Å². The first-order chi connectivity index (χ1) is 18.5. The molecule has 2 aromatic heterocycles. The monoisotopic (exact) mass is 593 g/mol. The fraction of sp³-hybridized carbons (Fsp3) is 0.240. The number of carbonyl (C=O) groups is 2. The lowest BCUT2D eigenvalue weighted by Crippen LogP contribution is -2.44. The van der Waals surface area contributed by atoms with Crippen LogP contribution in [0.2, 0.25) is 15.2 Å². The van der Waals surface area contributed by atoms with Gasteiger partial charge < -0.3 is 19.9 Å². The molecular weight excluding hydrogens is 576 g/mol. The van der Waals surface area contributed by atoms with E-state index < -0.39 is 42.7 Å². The Balaban J connectivity index is 1.46. The first kappa shape index (κ1) is 27.1. The molecule has 1 fully saturated rings. The molecule has 5 rings (SSSR count). The van der Waals surface area contributed by atoms with Crippen LogP contribution in [-0.4, -0.2) is 55.9 Å². The maximum Gasteiger partial charge on any atom is 0.338 e. The Kier molecular flexibility index (Phi) is 7.34. The van der Waals surface area contributed by atoms with Crippen molar-refractivity contribution in [3.63, 3.8) is 0 Å². The number of rotatable bonds is 6. The van der Waals surface area contributed by atoms with Gasteiger partial charge in [-0.05, 0) is 55.5 Å². The molecule has 10 nitrogen and oxygen atoms in total. The number of imidazole rings is 1. The predicted molar refractivity (Wildman–Crippen MR) is 141 cm³/mol. The van der Waals surface area contributed by atoms with Gasteiger partial charge in [-0.25, -0.2) is 19.0 Å². The van der Waals surface area contributed by atoms with E-state index in [4.69, 9.17) is 54.7 Å². The second-order valence-corrected chi connectivity index (χ2v) is 10.0. The van der Waals surface area contributed by atoms with E-state index in [1.54, 1.807) is 0 Å². The van der Waals surface area contributed by atoms with Gasteiger partial charge in [0.05, 0.1) is 17.5 Å². The molecule has 3 heterocycles. The molecule has 2 aromatic carbocycles. The van der Waals surface area contributed by atoms with Crippen LogP contribution < -0.4 is 5.73 Å². The van der Waals surface area contributed by atoms with Gasteiger partial charge in [-0.15, -0.1) is 0 Å². The molecule has 4 atom stereocenters. The van der Waals surface area contributed by atoms with Crippen molar-refractivity contribution in [1.82, 2.24) is 19.5 Å². The van der Waals surface area contributed by atoms with Crippen LogP contribution in [-0.2, 0) is 14.2 Å². The van der Waals surface area contributed by atoms with Crippen LogP contribution in [0.5, 0.6) is 0 Å². The molecule has 1 aliphatic heterocycles. The van der Waals surface area contributed by atoms with Crippen molar-refractivity contribution in [2.75, 3.05) is 12.3 Å². The van der Waals surface area contributed by atoms with E-state index >= 15 is 4.39 Å². The molecule has 3 unspecified atom stereocenters. The van der Waals surface area contributed by atoms with Gasteiger partial charge in [-0.3, -0.25) is 4.57 Å². The summed E-state index contributed by atoms with van der Waals surface area (Å²) in [5.41, 5.74) is 3.99. The normalized spacial score (nSPS) is 22.6. The highest BCUT2D eigenvalue weighted by atomic mass is 35.5. The summed E-state index contributed by atoms with van der Waals surface area (Å²) in [5, 5.41) is 0.812. The highest BCUT2D eigenvalue weighted by Gasteiger charge is 2.58. The number of nitrogens with two attached hydrogens (primary N) is 1. The number of hydrogen-bond donors (Lipinski definition) is 1. The molecule has 39 heavy (non-hydrogen) atoms. The average molecular weight is 595 g/mol. The minimum Gasteiger partial charge on any atom is -0.459 e. The highest BCUT2D eigenvalue weighted by molar-refractivity contribution is 6.33. The third-order valence-corrected chi connectivity index (χ3v) is 6.87. The number of fused-ring (bicyclic) bond motifs is 1. The van der Waals surface area contributed by atoms with Gasteiger partial charge in [0.1, 0.15) is 18.2 Å². The van der Waals surface area contributed by atoms with Crippen LogP contribution in [0.25, 0.3) is 11.2 Å². The fourth-order valence-corrected chi connectivity index (χ4v) is 4.67. The van der Waals surface area contributed by atoms with E-state index in [1.165, 1.54) is 66.3 Å². The van der Waals surface area contributed by atoms with E-state index in [2.05, 4.69) is 15.0 Å². The molecule has 2 N–H and O–H groups in total. The number of anilines is 1. The van der Waals surface area contributed by atoms with E-state index in [-0.39, 0.29) is 33.4 Å². The molecule has 0 bridgehead atoms. The summed E-state index contributed by atoms with van der Waals surface area (Å²) in [6, 6.07) is 11.9. The maximum atomic E-state index is 16.6. The Bertz CT molecular complexity index is 1550. The number of halogens is 4. The molecule has 1 saturated heterocycles. The Labute approximate surface area is 235 Å². The van der Waals surface area contributed by atoms with Crippen LogP contribution in [0.1, 0.15) is 33.9 Å². The summed E-state index contributed by atoms with van der Waals surface area (Å²) in [6.07, 6.45) is -2.90. The molecule has 0 radical (unpaired) electrons. The second kappa shape index (κ2) is 10.6. The molecule has 14 heteroatoms. The number of carbonyl (C=O) groups excluding carboxylic acids is 2. The molecule has 4 aromatic rings. The van der Waals surface area contributed by atoms with Crippen LogP contribution in [0.4, 0.5) is 10.3 Å². The minimum absolute atomic E-state index is 0.0334. The molecule has 0 saturated carbocycles. The summed E-state index contributed by atoms with van der Waals surface area (Å²) >= 11 is 17.9. The van der Waals surface area contributed by atoms with Crippen LogP contribution in [0, 0.1) is 0 Å². The topological polar surface area (TPSA) is 131 Å². The second-order valence-electron chi connectivity index (χ2n) is 8.81. The molecular formula is C25H19Cl3FN5O5. The molecule has 202 valence electrons. The number of hydrogen-bond acceptors (Lipinski definition) is 9. The lowest BCUT2D eigenvalue weighted by Gasteiger charge is -2.27. The zero-order valence-electron chi connectivity index (χ0n) is 20.1. The van der Waals surface area contributed by atoms with Gasteiger partial charge in [0, 0.05) is 10.0 Å². The average Bonchev–Trinajstić information content (AvgIpc) is 3.41. The summed E-state index contributed by atoms with van der Waals surface area (Å²) in [4.78, 5) is 37.7. The maximum absolute atomic E-state index is 16.6.